The lowest BCUT2D eigenvalue weighted by molar-refractivity contribution is -0.142. The maximum absolute atomic E-state index is 12.0. The third-order valence-electron chi connectivity index (χ3n) is 3.48. The molecule has 0 saturated carbocycles. The summed E-state index contributed by atoms with van der Waals surface area (Å²) in [6, 6.07) is 6.49. The van der Waals surface area contributed by atoms with Crippen molar-refractivity contribution in [3.63, 3.8) is 0 Å². The summed E-state index contributed by atoms with van der Waals surface area (Å²) in [5, 5.41) is 9.86. The Hall–Kier alpha value is -1.59. The zero-order chi connectivity index (χ0) is 14.7. The minimum Gasteiger partial charge on any atom is -0.481 e. The van der Waals surface area contributed by atoms with Crippen LogP contribution in [0.2, 0.25) is 5.02 Å². The van der Waals surface area contributed by atoms with E-state index in [9.17, 15) is 14.7 Å². The van der Waals surface area contributed by atoms with Gasteiger partial charge < -0.3 is 14.7 Å². The molecule has 1 heterocycles. The summed E-state index contributed by atoms with van der Waals surface area (Å²) in [7, 11) is 1.55. The largest absolute Gasteiger partial charge is 0.481 e. The van der Waals surface area contributed by atoms with Gasteiger partial charge in [-0.05, 0) is 17.7 Å². The number of halogens is 1. The van der Waals surface area contributed by atoms with Crippen molar-refractivity contribution in [1.29, 1.82) is 0 Å². The molecule has 2 atom stereocenters. The SMILES string of the molecule is COCCN1C(=O)C[C@@H](C(=O)O)[C@@H]1c1cccc(Cl)c1. The highest BCUT2D eigenvalue weighted by atomic mass is 35.5. The fourth-order valence-electron chi connectivity index (χ4n) is 2.57. The van der Waals surface area contributed by atoms with E-state index in [1.807, 2.05) is 0 Å². The molecule has 1 N–H and O–H groups in total. The van der Waals surface area contributed by atoms with Crippen LogP contribution in [0.3, 0.4) is 0 Å². The van der Waals surface area contributed by atoms with Crippen LogP contribution in [0.5, 0.6) is 0 Å². The van der Waals surface area contributed by atoms with Crippen molar-refractivity contribution >= 4 is 23.5 Å². The first-order valence-electron chi connectivity index (χ1n) is 6.31. The first-order valence-corrected chi connectivity index (χ1v) is 6.69. The second-order valence-corrected chi connectivity index (χ2v) is 5.17. The zero-order valence-corrected chi connectivity index (χ0v) is 11.8. The van der Waals surface area contributed by atoms with Crippen LogP contribution in [0, 0.1) is 5.92 Å². The lowest BCUT2D eigenvalue weighted by Crippen LogP contribution is -2.33. The topological polar surface area (TPSA) is 66.8 Å². The van der Waals surface area contributed by atoms with Crippen LogP contribution in [-0.4, -0.2) is 42.1 Å². The number of nitrogens with zero attached hydrogens (tertiary/aromatic N) is 1. The van der Waals surface area contributed by atoms with E-state index in [2.05, 4.69) is 0 Å². The number of likely N-dealkylation sites (tertiary alicyclic amines) is 1. The van der Waals surface area contributed by atoms with Crippen molar-refractivity contribution in [2.75, 3.05) is 20.3 Å². The first kappa shape index (κ1) is 14.8. The molecule has 5 nitrogen and oxygen atoms in total. The Morgan fingerprint density at radius 3 is 2.90 bits per heavy atom. The number of ether oxygens (including phenoxy) is 1. The second-order valence-electron chi connectivity index (χ2n) is 4.73. The molecule has 1 saturated heterocycles. The fourth-order valence-corrected chi connectivity index (χ4v) is 2.77. The van der Waals surface area contributed by atoms with Gasteiger partial charge >= 0.3 is 5.97 Å². The number of carbonyl (C=O) groups is 2. The molecule has 108 valence electrons. The molecule has 1 aliphatic heterocycles. The molecule has 0 unspecified atom stereocenters. The summed E-state index contributed by atoms with van der Waals surface area (Å²) >= 11 is 5.96. The van der Waals surface area contributed by atoms with Crippen molar-refractivity contribution in [1.82, 2.24) is 4.90 Å². The van der Waals surface area contributed by atoms with Gasteiger partial charge in [0.05, 0.1) is 18.6 Å². The Kier molecular flexibility index (Phi) is 4.62. The lowest BCUT2D eigenvalue weighted by atomic mass is 9.94. The van der Waals surface area contributed by atoms with Gasteiger partial charge in [0.25, 0.3) is 0 Å². The minimum absolute atomic E-state index is 0.0101. The molecular weight excluding hydrogens is 282 g/mol. The average Bonchev–Trinajstić information content (AvgIpc) is 2.73. The summed E-state index contributed by atoms with van der Waals surface area (Å²) in [5.74, 6) is -1.89. The molecular formula is C14H16ClNO4. The average molecular weight is 298 g/mol. The van der Waals surface area contributed by atoms with Crippen LogP contribution in [0.4, 0.5) is 0 Å². The Morgan fingerprint density at radius 2 is 2.30 bits per heavy atom. The number of hydrogen-bond acceptors (Lipinski definition) is 3. The molecule has 1 fully saturated rings. The molecule has 0 radical (unpaired) electrons. The molecule has 0 aromatic heterocycles. The second kappa shape index (κ2) is 6.24. The van der Waals surface area contributed by atoms with Gasteiger partial charge in [0, 0.05) is 25.1 Å². The molecule has 6 heteroatoms. The molecule has 1 aromatic carbocycles. The fraction of sp³-hybridized carbons (Fsp3) is 0.429. The number of hydrogen-bond donors (Lipinski definition) is 1. The van der Waals surface area contributed by atoms with Gasteiger partial charge in [0.1, 0.15) is 0 Å². The first-order chi connectivity index (χ1) is 9.54. The van der Waals surface area contributed by atoms with Crippen molar-refractivity contribution < 1.29 is 19.4 Å². The van der Waals surface area contributed by atoms with Gasteiger partial charge in [-0.3, -0.25) is 9.59 Å². The van der Waals surface area contributed by atoms with E-state index in [1.54, 1.807) is 36.3 Å². The highest BCUT2D eigenvalue weighted by Gasteiger charge is 2.44. The maximum atomic E-state index is 12.0. The summed E-state index contributed by atoms with van der Waals surface area (Å²) in [5.41, 5.74) is 0.742. The molecule has 0 spiro atoms. The summed E-state index contributed by atoms with van der Waals surface area (Å²) in [4.78, 5) is 25.0. The number of carbonyl (C=O) groups excluding carboxylic acids is 1. The van der Waals surface area contributed by atoms with Crippen LogP contribution in [0.1, 0.15) is 18.0 Å². The minimum atomic E-state index is -0.969. The highest BCUT2D eigenvalue weighted by molar-refractivity contribution is 6.30. The van der Waals surface area contributed by atoms with Gasteiger partial charge in [-0.1, -0.05) is 23.7 Å². The molecule has 20 heavy (non-hydrogen) atoms. The van der Waals surface area contributed by atoms with E-state index >= 15 is 0 Å². The number of carboxylic acids is 1. The van der Waals surface area contributed by atoms with Crippen molar-refractivity contribution in [3.8, 4) is 0 Å². The molecule has 1 aliphatic rings. The van der Waals surface area contributed by atoms with Crippen LogP contribution in [0.25, 0.3) is 0 Å². The van der Waals surface area contributed by atoms with Gasteiger partial charge in [0.15, 0.2) is 0 Å². The van der Waals surface area contributed by atoms with Gasteiger partial charge in [-0.25, -0.2) is 0 Å². The van der Waals surface area contributed by atoms with Crippen LogP contribution in [0.15, 0.2) is 24.3 Å². The third kappa shape index (κ3) is 2.94. The number of methoxy groups -OCH3 is 1. The summed E-state index contributed by atoms with van der Waals surface area (Å²) in [6.45, 7) is 0.742. The highest BCUT2D eigenvalue weighted by Crippen LogP contribution is 2.38. The van der Waals surface area contributed by atoms with Crippen LogP contribution in [-0.2, 0) is 14.3 Å². The van der Waals surface area contributed by atoms with Gasteiger partial charge in [0.2, 0.25) is 5.91 Å². The van der Waals surface area contributed by atoms with E-state index in [4.69, 9.17) is 16.3 Å². The molecule has 1 aromatic rings. The number of aliphatic carboxylic acids is 1. The number of rotatable bonds is 5. The smallest absolute Gasteiger partial charge is 0.309 e. The Bertz CT molecular complexity index is 520. The molecule has 0 bridgehead atoms. The Morgan fingerprint density at radius 1 is 1.55 bits per heavy atom. The Balaban J connectivity index is 2.35. The third-order valence-corrected chi connectivity index (χ3v) is 3.71. The zero-order valence-electron chi connectivity index (χ0n) is 11.1. The summed E-state index contributed by atoms with van der Waals surface area (Å²) < 4.78 is 4.99. The number of carboxylic acid groups (broad SMARTS) is 1. The van der Waals surface area contributed by atoms with E-state index in [-0.39, 0.29) is 12.3 Å². The van der Waals surface area contributed by atoms with Crippen molar-refractivity contribution in [3.05, 3.63) is 34.9 Å². The van der Waals surface area contributed by atoms with Crippen molar-refractivity contribution in [2.45, 2.75) is 12.5 Å². The molecule has 0 aliphatic carbocycles. The van der Waals surface area contributed by atoms with Gasteiger partial charge in [-0.2, -0.15) is 0 Å². The quantitative estimate of drug-likeness (QED) is 0.902. The van der Waals surface area contributed by atoms with E-state index in [0.29, 0.717) is 18.2 Å². The molecule has 2 rings (SSSR count). The standard InChI is InChI=1S/C14H16ClNO4/c1-20-6-5-16-12(17)8-11(14(18)19)13(16)9-3-2-4-10(15)7-9/h2-4,7,11,13H,5-6,8H2,1H3,(H,18,19)/t11-,13+/m1/s1. The lowest BCUT2D eigenvalue weighted by Gasteiger charge is -2.27. The van der Waals surface area contributed by atoms with E-state index < -0.39 is 17.9 Å². The summed E-state index contributed by atoms with van der Waals surface area (Å²) in [6.07, 6.45) is 0.0101. The Labute approximate surface area is 122 Å². The van der Waals surface area contributed by atoms with Crippen LogP contribution >= 0.6 is 11.6 Å². The van der Waals surface area contributed by atoms with E-state index in [1.165, 1.54) is 0 Å². The van der Waals surface area contributed by atoms with Crippen molar-refractivity contribution in [2.24, 2.45) is 5.92 Å². The normalized spacial score (nSPS) is 22.3. The predicted octanol–water partition coefficient (Wildman–Crippen LogP) is 1.96. The predicted molar refractivity (Wildman–Crippen MR) is 73.5 cm³/mol. The van der Waals surface area contributed by atoms with Crippen LogP contribution < -0.4 is 0 Å². The van der Waals surface area contributed by atoms with Gasteiger partial charge in [-0.15, -0.1) is 0 Å². The number of benzene rings is 1. The molecule has 1 amide bonds. The monoisotopic (exact) mass is 297 g/mol. The maximum Gasteiger partial charge on any atom is 0.309 e. The number of amides is 1. The van der Waals surface area contributed by atoms with E-state index in [0.717, 1.165) is 5.56 Å².